The van der Waals surface area contributed by atoms with Crippen LogP contribution in [0.3, 0.4) is 0 Å². The minimum atomic E-state index is -3.89. The van der Waals surface area contributed by atoms with Crippen molar-refractivity contribution in [2.75, 3.05) is 7.11 Å². The van der Waals surface area contributed by atoms with Crippen LogP contribution in [-0.4, -0.2) is 15.5 Å². The molecule has 0 spiro atoms. The topological polar surface area (TPSA) is 55.4 Å². The van der Waals surface area contributed by atoms with Crippen LogP contribution < -0.4 is 9.46 Å². The van der Waals surface area contributed by atoms with Gasteiger partial charge in [0.25, 0.3) is 0 Å². The zero-order chi connectivity index (χ0) is 16.3. The Labute approximate surface area is 127 Å². The Hall–Kier alpha value is -1.99. The van der Waals surface area contributed by atoms with Gasteiger partial charge in [-0.25, -0.2) is 21.9 Å². The number of halogens is 2. The number of hydrogen-bond acceptors (Lipinski definition) is 3. The molecule has 0 bridgehead atoms. The van der Waals surface area contributed by atoms with E-state index in [-0.39, 0.29) is 22.8 Å². The predicted octanol–water partition coefficient (Wildman–Crippen LogP) is 2.76. The molecule has 2 aromatic carbocycles. The van der Waals surface area contributed by atoms with Gasteiger partial charge in [-0.15, -0.1) is 0 Å². The summed E-state index contributed by atoms with van der Waals surface area (Å²) in [4.78, 5) is -0.0301. The van der Waals surface area contributed by atoms with Crippen LogP contribution >= 0.6 is 0 Å². The lowest BCUT2D eigenvalue weighted by Gasteiger charge is -2.12. The van der Waals surface area contributed by atoms with Gasteiger partial charge in [0.1, 0.15) is 22.3 Å². The van der Waals surface area contributed by atoms with Crippen LogP contribution in [0, 0.1) is 18.6 Å². The monoisotopic (exact) mass is 327 g/mol. The van der Waals surface area contributed by atoms with E-state index in [1.54, 1.807) is 19.1 Å². The Morgan fingerprint density at radius 1 is 1.14 bits per heavy atom. The third-order valence-electron chi connectivity index (χ3n) is 3.08. The highest BCUT2D eigenvalue weighted by atomic mass is 32.2. The molecule has 0 heterocycles. The van der Waals surface area contributed by atoms with E-state index in [2.05, 4.69) is 4.72 Å². The number of nitrogens with one attached hydrogen (secondary N) is 1. The Balaban J connectivity index is 2.26. The summed E-state index contributed by atoms with van der Waals surface area (Å²) >= 11 is 0. The van der Waals surface area contributed by atoms with Crippen molar-refractivity contribution >= 4 is 10.0 Å². The molecule has 0 aliphatic rings. The Bertz CT molecular complexity index is 791. The van der Waals surface area contributed by atoms with Crippen LogP contribution in [0.5, 0.6) is 5.75 Å². The summed E-state index contributed by atoms with van der Waals surface area (Å²) in [5.74, 6) is -1.33. The third-order valence-corrected chi connectivity index (χ3v) is 4.50. The lowest BCUT2D eigenvalue weighted by molar-refractivity contribution is 0.402. The molecule has 1 N–H and O–H groups in total. The van der Waals surface area contributed by atoms with Gasteiger partial charge in [-0.3, -0.25) is 0 Å². The van der Waals surface area contributed by atoms with Gasteiger partial charge in [-0.05, 0) is 30.7 Å². The molecule has 0 atom stereocenters. The Kier molecular flexibility index (Phi) is 4.77. The van der Waals surface area contributed by atoms with Crippen molar-refractivity contribution in [2.24, 2.45) is 0 Å². The fraction of sp³-hybridized carbons (Fsp3) is 0.200. The second-order valence-corrected chi connectivity index (χ2v) is 6.45. The first kappa shape index (κ1) is 16.4. The van der Waals surface area contributed by atoms with Gasteiger partial charge in [-0.2, -0.15) is 0 Å². The van der Waals surface area contributed by atoms with E-state index in [0.717, 1.165) is 11.6 Å². The summed E-state index contributed by atoms with van der Waals surface area (Å²) in [6.45, 7) is 1.46. The lowest BCUT2D eigenvalue weighted by atomic mass is 10.2. The van der Waals surface area contributed by atoms with Crippen LogP contribution in [0.1, 0.15) is 11.1 Å². The van der Waals surface area contributed by atoms with E-state index in [1.165, 1.54) is 19.2 Å². The van der Waals surface area contributed by atoms with Gasteiger partial charge < -0.3 is 4.74 Å². The highest BCUT2D eigenvalue weighted by molar-refractivity contribution is 7.89. The molecular formula is C15H15F2NO3S. The van der Waals surface area contributed by atoms with Crippen molar-refractivity contribution in [2.45, 2.75) is 18.4 Å². The number of methoxy groups -OCH3 is 1. The molecule has 0 aliphatic carbocycles. The first-order valence-corrected chi connectivity index (χ1v) is 7.90. The van der Waals surface area contributed by atoms with Crippen LogP contribution in [0.4, 0.5) is 8.78 Å². The molecule has 0 aliphatic heterocycles. The lowest BCUT2D eigenvalue weighted by Crippen LogP contribution is -2.24. The van der Waals surface area contributed by atoms with Crippen molar-refractivity contribution in [1.82, 2.24) is 4.72 Å². The second kappa shape index (κ2) is 6.41. The maximum Gasteiger partial charge on any atom is 0.244 e. The predicted molar refractivity (Wildman–Crippen MR) is 78.1 cm³/mol. The molecular weight excluding hydrogens is 312 g/mol. The number of ether oxygens (including phenoxy) is 1. The van der Waals surface area contributed by atoms with E-state index in [1.807, 2.05) is 0 Å². The molecule has 0 unspecified atom stereocenters. The van der Waals surface area contributed by atoms with E-state index in [0.29, 0.717) is 6.07 Å². The minimum absolute atomic E-state index is 0.0301. The standard InChI is InChI=1S/C15H15F2NO3S/c1-10-3-6-14(21-2)15(7-10)22(19,20)18-9-11-4-5-12(16)8-13(11)17/h3-8,18H,9H2,1-2H3. The number of sulfonamides is 1. The minimum Gasteiger partial charge on any atom is -0.495 e. The van der Waals surface area contributed by atoms with Gasteiger partial charge in [0.15, 0.2) is 0 Å². The fourth-order valence-corrected chi connectivity index (χ4v) is 3.17. The van der Waals surface area contributed by atoms with Gasteiger partial charge in [0, 0.05) is 18.2 Å². The van der Waals surface area contributed by atoms with E-state index in [9.17, 15) is 17.2 Å². The van der Waals surface area contributed by atoms with E-state index < -0.39 is 21.7 Å². The highest BCUT2D eigenvalue weighted by Crippen LogP contribution is 2.24. The van der Waals surface area contributed by atoms with Crippen LogP contribution in [0.15, 0.2) is 41.3 Å². The molecule has 0 fully saturated rings. The van der Waals surface area contributed by atoms with Gasteiger partial charge >= 0.3 is 0 Å². The number of hydrogen-bond donors (Lipinski definition) is 1. The van der Waals surface area contributed by atoms with Crippen molar-refractivity contribution in [3.8, 4) is 5.75 Å². The summed E-state index contributed by atoms with van der Waals surface area (Å²) in [5.41, 5.74) is 0.797. The number of aryl methyl sites for hydroxylation is 1. The molecule has 22 heavy (non-hydrogen) atoms. The third kappa shape index (κ3) is 3.61. The van der Waals surface area contributed by atoms with Crippen molar-refractivity contribution in [3.05, 3.63) is 59.2 Å². The molecule has 2 rings (SSSR count). The summed E-state index contributed by atoms with van der Waals surface area (Å²) in [7, 11) is -2.52. The molecule has 4 nitrogen and oxygen atoms in total. The number of rotatable bonds is 5. The maximum absolute atomic E-state index is 13.5. The van der Waals surface area contributed by atoms with Crippen LogP contribution in [0.25, 0.3) is 0 Å². The quantitative estimate of drug-likeness (QED) is 0.919. The molecule has 7 heteroatoms. The molecule has 2 aromatic rings. The van der Waals surface area contributed by atoms with Crippen LogP contribution in [-0.2, 0) is 16.6 Å². The van der Waals surface area contributed by atoms with Crippen molar-refractivity contribution in [3.63, 3.8) is 0 Å². The fourth-order valence-electron chi connectivity index (χ4n) is 1.91. The average Bonchev–Trinajstić information content (AvgIpc) is 2.46. The van der Waals surface area contributed by atoms with E-state index in [4.69, 9.17) is 4.74 Å². The normalized spacial score (nSPS) is 11.5. The Morgan fingerprint density at radius 2 is 1.86 bits per heavy atom. The maximum atomic E-state index is 13.5. The molecule has 0 saturated carbocycles. The summed E-state index contributed by atoms with van der Waals surface area (Å²) < 4.78 is 58.3. The van der Waals surface area contributed by atoms with Gasteiger partial charge in [-0.1, -0.05) is 12.1 Å². The zero-order valence-electron chi connectivity index (χ0n) is 12.1. The first-order chi connectivity index (χ1) is 10.3. The van der Waals surface area contributed by atoms with E-state index >= 15 is 0 Å². The second-order valence-electron chi connectivity index (χ2n) is 4.71. The van der Waals surface area contributed by atoms with Gasteiger partial charge in [0.2, 0.25) is 10.0 Å². The zero-order valence-corrected chi connectivity index (χ0v) is 12.9. The molecule has 0 amide bonds. The molecule has 0 saturated heterocycles. The summed E-state index contributed by atoms with van der Waals surface area (Å²) in [6, 6.07) is 7.69. The smallest absolute Gasteiger partial charge is 0.244 e. The summed E-state index contributed by atoms with van der Waals surface area (Å²) in [5, 5.41) is 0. The summed E-state index contributed by atoms with van der Waals surface area (Å²) in [6.07, 6.45) is 0. The number of benzene rings is 2. The van der Waals surface area contributed by atoms with Crippen molar-refractivity contribution in [1.29, 1.82) is 0 Å². The molecule has 118 valence electrons. The largest absolute Gasteiger partial charge is 0.495 e. The SMILES string of the molecule is COc1ccc(C)cc1S(=O)(=O)NCc1ccc(F)cc1F. The van der Waals surface area contributed by atoms with Crippen molar-refractivity contribution < 1.29 is 21.9 Å². The highest BCUT2D eigenvalue weighted by Gasteiger charge is 2.20. The Morgan fingerprint density at radius 3 is 2.50 bits per heavy atom. The van der Waals surface area contributed by atoms with Crippen LogP contribution in [0.2, 0.25) is 0 Å². The molecule has 0 radical (unpaired) electrons. The first-order valence-electron chi connectivity index (χ1n) is 6.42. The molecule has 0 aromatic heterocycles. The van der Waals surface area contributed by atoms with Gasteiger partial charge in [0.05, 0.1) is 7.11 Å². The average molecular weight is 327 g/mol.